The molecule has 0 radical (unpaired) electrons. The zero-order valence-electron chi connectivity index (χ0n) is 53.0. The number of carbonyl (C=O) groups excluding carboxylic acids is 4. The molecule has 0 aromatic rings. The zero-order valence-corrected chi connectivity index (χ0v) is 54.8. The van der Waals surface area contributed by atoms with Crippen molar-refractivity contribution in [3.05, 3.63) is 24.3 Å². The van der Waals surface area contributed by atoms with Gasteiger partial charge in [0.2, 0.25) is 0 Å². The van der Waals surface area contributed by atoms with Gasteiger partial charge in [0, 0.05) is 25.7 Å². The van der Waals surface area contributed by atoms with E-state index in [4.69, 9.17) is 37.0 Å². The molecule has 0 spiro atoms. The smallest absolute Gasteiger partial charge is 0.462 e. The van der Waals surface area contributed by atoms with Crippen LogP contribution in [-0.4, -0.2) is 96.7 Å². The van der Waals surface area contributed by atoms with Crippen LogP contribution < -0.4 is 0 Å². The molecular formula is C64H120O17P2. The van der Waals surface area contributed by atoms with Gasteiger partial charge in [0.15, 0.2) is 12.2 Å². The Balaban J connectivity index is 5.27. The summed E-state index contributed by atoms with van der Waals surface area (Å²) >= 11 is 0. The lowest BCUT2D eigenvalue weighted by Crippen LogP contribution is -2.30. The molecule has 3 N–H and O–H groups in total. The highest BCUT2D eigenvalue weighted by atomic mass is 31.2. The summed E-state index contributed by atoms with van der Waals surface area (Å²) in [7, 11) is -9.90. The van der Waals surface area contributed by atoms with Gasteiger partial charge in [0.1, 0.15) is 19.3 Å². The van der Waals surface area contributed by atoms with E-state index in [1.165, 1.54) is 83.5 Å². The zero-order chi connectivity index (χ0) is 61.5. The average Bonchev–Trinajstić information content (AvgIpc) is 3.46. The number of aliphatic hydroxyl groups is 1. The number of allylic oxidation sites excluding steroid dienone is 4. The van der Waals surface area contributed by atoms with Crippen LogP contribution in [0.25, 0.3) is 0 Å². The molecule has 0 bridgehead atoms. The Kier molecular flexibility index (Phi) is 54.4. The number of unbranched alkanes of at least 4 members (excludes halogenated alkanes) is 27. The number of ether oxygens (including phenoxy) is 4. The Hall–Kier alpha value is -2.46. The first-order valence-electron chi connectivity index (χ1n) is 32.8. The first-order chi connectivity index (χ1) is 39.9. The fourth-order valence-electron chi connectivity index (χ4n) is 8.96. The molecule has 6 atom stereocenters. The minimum atomic E-state index is -4.95. The van der Waals surface area contributed by atoms with Gasteiger partial charge in [-0.25, -0.2) is 9.13 Å². The molecule has 0 saturated carbocycles. The molecule has 0 fully saturated rings. The lowest BCUT2D eigenvalue weighted by atomic mass is 10.00. The van der Waals surface area contributed by atoms with E-state index in [9.17, 15) is 43.2 Å². The van der Waals surface area contributed by atoms with Crippen molar-refractivity contribution in [1.29, 1.82) is 0 Å². The van der Waals surface area contributed by atoms with Crippen molar-refractivity contribution in [1.82, 2.24) is 0 Å². The molecule has 0 aromatic carbocycles. The molecular weight excluding hydrogens is 1100 g/mol. The lowest BCUT2D eigenvalue weighted by Gasteiger charge is -2.21. The normalized spacial score (nSPS) is 14.8. The van der Waals surface area contributed by atoms with Crippen molar-refractivity contribution in [3.63, 3.8) is 0 Å². The van der Waals surface area contributed by atoms with Crippen molar-refractivity contribution in [2.75, 3.05) is 39.6 Å². The first-order valence-corrected chi connectivity index (χ1v) is 35.8. The Labute approximate surface area is 503 Å². The number of rotatable bonds is 61. The van der Waals surface area contributed by atoms with Crippen molar-refractivity contribution in [3.8, 4) is 0 Å². The van der Waals surface area contributed by atoms with E-state index in [1.807, 2.05) is 0 Å². The second-order valence-electron chi connectivity index (χ2n) is 23.2. The van der Waals surface area contributed by atoms with Crippen LogP contribution >= 0.6 is 15.6 Å². The van der Waals surface area contributed by atoms with E-state index in [2.05, 4.69) is 65.8 Å². The third kappa shape index (κ3) is 57.1. The third-order valence-corrected chi connectivity index (χ3v) is 16.3. The predicted octanol–water partition coefficient (Wildman–Crippen LogP) is 17.2. The van der Waals surface area contributed by atoms with Crippen LogP contribution in [0.5, 0.6) is 0 Å². The molecule has 0 aliphatic rings. The summed E-state index contributed by atoms with van der Waals surface area (Å²) in [6.07, 6.45) is 41.3. The van der Waals surface area contributed by atoms with E-state index < -0.39 is 97.5 Å². The molecule has 0 saturated heterocycles. The van der Waals surface area contributed by atoms with Gasteiger partial charge in [-0.05, 0) is 63.2 Å². The highest BCUT2D eigenvalue weighted by Crippen LogP contribution is 2.45. The minimum Gasteiger partial charge on any atom is -0.462 e. The van der Waals surface area contributed by atoms with Gasteiger partial charge in [0.05, 0.1) is 26.4 Å². The fraction of sp³-hybridized carbons (Fsp3) is 0.875. The second-order valence-corrected chi connectivity index (χ2v) is 26.1. The maximum Gasteiger partial charge on any atom is 0.472 e. The fourth-order valence-corrected chi connectivity index (χ4v) is 10.5. The van der Waals surface area contributed by atoms with Crippen molar-refractivity contribution >= 4 is 39.5 Å². The monoisotopic (exact) mass is 1220 g/mol. The van der Waals surface area contributed by atoms with E-state index >= 15 is 0 Å². The van der Waals surface area contributed by atoms with E-state index in [0.29, 0.717) is 31.6 Å². The molecule has 0 aliphatic heterocycles. The molecule has 3 unspecified atom stereocenters. The number of carbonyl (C=O) groups is 4. The first kappa shape index (κ1) is 80.5. The van der Waals surface area contributed by atoms with E-state index in [1.54, 1.807) is 0 Å². The SMILES string of the molecule is CCCCCC/C=C\C=C/CCCCCCCC(=O)O[C@H](COC(=O)CCCCCCCCCC(C)C)COP(=O)(O)OC[C@@H](O)COP(=O)(O)OC[C@@H](COC(=O)CCCCCCCCCC)OC(=O)CCCCCCCCC(C)CC. The van der Waals surface area contributed by atoms with Gasteiger partial charge in [0.25, 0.3) is 0 Å². The number of hydrogen-bond donors (Lipinski definition) is 3. The number of esters is 4. The van der Waals surface area contributed by atoms with E-state index in [0.717, 1.165) is 121 Å². The van der Waals surface area contributed by atoms with Crippen LogP contribution in [0.2, 0.25) is 0 Å². The summed E-state index contributed by atoms with van der Waals surface area (Å²) in [5, 5.41) is 10.5. The average molecular weight is 1220 g/mol. The molecule has 488 valence electrons. The molecule has 0 heterocycles. The van der Waals surface area contributed by atoms with Gasteiger partial charge >= 0.3 is 39.5 Å². The summed E-state index contributed by atoms with van der Waals surface area (Å²) in [6, 6.07) is 0. The lowest BCUT2D eigenvalue weighted by molar-refractivity contribution is -0.161. The molecule has 0 rings (SSSR count). The minimum absolute atomic E-state index is 0.0838. The summed E-state index contributed by atoms with van der Waals surface area (Å²) in [5.41, 5.74) is 0. The number of phosphoric acid groups is 2. The van der Waals surface area contributed by atoms with Gasteiger partial charge in [-0.2, -0.15) is 0 Å². The maximum atomic E-state index is 13.0. The van der Waals surface area contributed by atoms with Crippen molar-refractivity contribution < 1.29 is 80.2 Å². The van der Waals surface area contributed by atoms with Crippen molar-refractivity contribution in [2.45, 2.75) is 310 Å². The molecule has 0 amide bonds. The summed E-state index contributed by atoms with van der Waals surface area (Å²) in [5.74, 6) is -0.750. The van der Waals surface area contributed by atoms with E-state index in [-0.39, 0.29) is 25.7 Å². The van der Waals surface area contributed by atoms with Crippen LogP contribution in [0.15, 0.2) is 24.3 Å². The topological polar surface area (TPSA) is 237 Å². The van der Waals surface area contributed by atoms with Crippen molar-refractivity contribution in [2.24, 2.45) is 11.8 Å². The van der Waals surface area contributed by atoms with Crippen LogP contribution in [0.3, 0.4) is 0 Å². The van der Waals surface area contributed by atoms with Gasteiger partial charge in [-0.15, -0.1) is 0 Å². The maximum absolute atomic E-state index is 13.0. The van der Waals surface area contributed by atoms with Crippen LogP contribution in [0, 0.1) is 11.8 Å². The number of hydrogen-bond acceptors (Lipinski definition) is 15. The Morgan fingerprint density at radius 2 is 0.711 bits per heavy atom. The standard InChI is InChI=1S/C64H120O17P2/c1-7-10-12-14-16-18-19-20-21-22-23-24-28-36-42-48-63(68)80-59(52-75-62(67)47-41-35-29-25-26-32-38-44-56(4)5)54-78-82(70,71)76-50-58(65)51-77-83(72,73)79-55-60(53-74-61(66)46-40-34-27-17-15-13-11-8-2)81-64(69)49-43-37-31-30-33-39-45-57(6)9-3/h18-21,56-60,65H,7-17,22-55H2,1-6H3,(H,70,71)(H,72,73)/b19-18-,21-20-/t57?,58-,59-,60-/m1/s1. The van der Waals surface area contributed by atoms with Crippen LogP contribution in [0.4, 0.5) is 0 Å². The summed E-state index contributed by atoms with van der Waals surface area (Å²) < 4.78 is 67.9. The Morgan fingerprint density at radius 3 is 1.08 bits per heavy atom. The Morgan fingerprint density at radius 1 is 0.398 bits per heavy atom. The van der Waals surface area contributed by atoms with Crippen LogP contribution in [-0.2, 0) is 65.4 Å². The molecule has 0 aliphatic carbocycles. The molecule has 83 heavy (non-hydrogen) atoms. The molecule has 0 aromatic heterocycles. The second kappa shape index (κ2) is 56.1. The van der Waals surface area contributed by atoms with Gasteiger partial charge in [-0.3, -0.25) is 37.3 Å². The van der Waals surface area contributed by atoms with Gasteiger partial charge in [-0.1, -0.05) is 239 Å². The largest absolute Gasteiger partial charge is 0.472 e. The number of phosphoric ester groups is 2. The quantitative estimate of drug-likeness (QED) is 0.0169. The highest BCUT2D eigenvalue weighted by molar-refractivity contribution is 7.47. The summed E-state index contributed by atoms with van der Waals surface area (Å²) in [4.78, 5) is 72.1. The van der Waals surface area contributed by atoms with Crippen LogP contribution in [0.1, 0.15) is 292 Å². The third-order valence-electron chi connectivity index (χ3n) is 14.4. The summed E-state index contributed by atoms with van der Waals surface area (Å²) in [6.45, 7) is 9.29. The number of aliphatic hydroxyl groups excluding tert-OH is 1. The predicted molar refractivity (Wildman–Crippen MR) is 331 cm³/mol. The molecule has 17 nitrogen and oxygen atoms in total. The van der Waals surface area contributed by atoms with Gasteiger partial charge < -0.3 is 33.8 Å². The highest BCUT2D eigenvalue weighted by Gasteiger charge is 2.30. The molecule has 19 heteroatoms. The Bertz CT molecular complexity index is 1730.